The van der Waals surface area contributed by atoms with Gasteiger partial charge in [0.1, 0.15) is 11.6 Å². The SMILES string of the molecule is Cc1ccc(C(=O)Nc2ccc(F)cc2F)cc1NS(C)(=O)=O. The monoisotopic (exact) mass is 340 g/mol. The molecule has 0 radical (unpaired) electrons. The van der Waals surface area contributed by atoms with Gasteiger partial charge in [-0.25, -0.2) is 17.2 Å². The molecule has 0 aliphatic heterocycles. The van der Waals surface area contributed by atoms with E-state index in [1.54, 1.807) is 13.0 Å². The summed E-state index contributed by atoms with van der Waals surface area (Å²) in [5.74, 6) is -2.30. The molecule has 0 heterocycles. The van der Waals surface area contributed by atoms with Gasteiger partial charge >= 0.3 is 0 Å². The number of benzene rings is 2. The van der Waals surface area contributed by atoms with Crippen LogP contribution in [0.1, 0.15) is 15.9 Å². The van der Waals surface area contributed by atoms with Gasteiger partial charge in [0.25, 0.3) is 5.91 Å². The van der Waals surface area contributed by atoms with Crippen LogP contribution in [0.5, 0.6) is 0 Å². The number of sulfonamides is 1. The Balaban J connectivity index is 2.27. The summed E-state index contributed by atoms with van der Waals surface area (Å²) in [6.45, 7) is 1.68. The number of hydrogen-bond donors (Lipinski definition) is 2. The van der Waals surface area contributed by atoms with Crippen molar-refractivity contribution in [3.8, 4) is 0 Å². The van der Waals surface area contributed by atoms with Gasteiger partial charge in [0.05, 0.1) is 17.6 Å². The quantitative estimate of drug-likeness (QED) is 0.899. The molecule has 2 aromatic carbocycles. The van der Waals surface area contributed by atoms with Crippen LogP contribution < -0.4 is 10.0 Å². The molecule has 0 fully saturated rings. The standard InChI is InChI=1S/C15H14F2N2O3S/c1-9-3-4-10(7-14(9)19-23(2,21)22)15(20)18-13-6-5-11(16)8-12(13)17/h3-8,19H,1-2H3,(H,18,20). The first-order valence-corrected chi connectivity index (χ1v) is 8.40. The van der Waals surface area contributed by atoms with Gasteiger partial charge in [0, 0.05) is 11.6 Å². The van der Waals surface area contributed by atoms with Crippen LogP contribution in [0.25, 0.3) is 0 Å². The maximum atomic E-state index is 13.5. The Labute approximate surface area is 132 Å². The molecule has 0 saturated carbocycles. The third-order valence-electron chi connectivity index (χ3n) is 2.97. The molecule has 2 aromatic rings. The van der Waals surface area contributed by atoms with Crippen LogP contribution in [-0.2, 0) is 10.0 Å². The molecule has 0 bridgehead atoms. The predicted octanol–water partition coefficient (Wildman–Crippen LogP) is 2.90. The van der Waals surface area contributed by atoms with E-state index < -0.39 is 27.6 Å². The molecule has 0 aliphatic rings. The Kier molecular flexibility index (Phi) is 4.65. The molecule has 0 spiro atoms. The summed E-state index contributed by atoms with van der Waals surface area (Å²) < 4.78 is 51.3. The van der Waals surface area contributed by atoms with E-state index in [1.807, 2.05) is 0 Å². The van der Waals surface area contributed by atoms with Crippen LogP contribution in [-0.4, -0.2) is 20.6 Å². The van der Waals surface area contributed by atoms with Crippen molar-refractivity contribution in [1.29, 1.82) is 0 Å². The molecule has 122 valence electrons. The lowest BCUT2D eigenvalue weighted by Crippen LogP contribution is -2.15. The lowest BCUT2D eigenvalue weighted by Gasteiger charge is -2.11. The van der Waals surface area contributed by atoms with E-state index in [4.69, 9.17) is 0 Å². The first-order chi connectivity index (χ1) is 10.7. The van der Waals surface area contributed by atoms with Crippen molar-refractivity contribution in [3.05, 3.63) is 59.2 Å². The van der Waals surface area contributed by atoms with E-state index in [9.17, 15) is 22.0 Å². The Morgan fingerprint density at radius 2 is 1.74 bits per heavy atom. The summed E-state index contributed by atoms with van der Waals surface area (Å²) in [6.07, 6.45) is 0.993. The van der Waals surface area contributed by atoms with Crippen molar-refractivity contribution in [1.82, 2.24) is 0 Å². The van der Waals surface area contributed by atoms with Crippen LogP contribution in [0.3, 0.4) is 0 Å². The summed E-state index contributed by atoms with van der Waals surface area (Å²) in [6, 6.07) is 7.15. The molecule has 0 aromatic heterocycles. The highest BCUT2D eigenvalue weighted by Gasteiger charge is 2.13. The molecule has 5 nitrogen and oxygen atoms in total. The number of rotatable bonds is 4. The fourth-order valence-corrected chi connectivity index (χ4v) is 2.48. The fourth-order valence-electron chi connectivity index (χ4n) is 1.86. The Bertz CT molecular complexity index is 867. The highest BCUT2D eigenvalue weighted by molar-refractivity contribution is 7.92. The number of carbonyl (C=O) groups is 1. The van der Waals surface area contributed by atoms with Gasteiger partial charge in [0.15, 0.2) is 0 Å². The predicted molar refractivity (Wildman–Crippen MR) is 84.0 cm³/mol. The molecule has 0 aliphatic carbocycles. The molecule has 0 atom stereocenters. The number of hydrogen-bond acceptors (Lipinski definition) is 3. The fraction of sp³-hybridized carbons (Fsp3) is 0.133. The Morgan fingerprint density at radius 1 is 1.04 bits per heavy atom. The molecule has 0 saturated heterocycles. The average Bonchev–Trinajstić information content (AvgIpc) is 2.42. The van der Waals surface area contributed by atoms with E-state index in [-0.39, 0.29) is 16.9 Å². The molecule has 1 amide bonds. The van der Waals surface area contributed by atoms with Gasteiger partial charge in [0.2, 0.25) is 10.0 Å². The topological polar surface area (TPSA) is 75.3 Å². The highest BCUT2D eigenvalue weighted by atomic mass is 32.2. The minimum atomic E-state index is -3.50. The number of halogens is 2. The first-order valence-electron chi connectivity index (χ1n) is 6.50. The second-order valence-electron chi connectivity index (χ2n) is 4.98. The van der Waals surface area contributed by atoms with E-state index in [0.717, 1.165) is 18.4 Å². The Morgan fingerprint density at radius 3 is 2.35 bits per heavy atom. The number of carbonyl (C=O) groups excluding carboxylic acids is 1. The maximum Gasteiger partial charge on any atom is 0.255 e. The van der Waals surface area contributed by atoms with Crippen LogP contribution >= 0.6 is 0 Å². The smallest absolute Gasteiger partial charge is 0.255 e. The van der Waals surface area contributed by atoms with Gasteiger partial charge in [-0.1, -0.05) is 6.07 Å². The molecular weight excluding hydrogens is 326 g/mol. The molecule has 0 unspecified atom stereocenters. The van der Waals surface area contributed by atoms with E-state index in [1.165, 1.54) is 12.1 Å². The van der Waals surface area contributed by atoms with Gasteiger partial charge in [-0.2, -0.15) is 0 Å². The van der Waals surface area contributed by atoms with Crippen LogP contribution in [0.4, 0.5) is 20.2 Å². The van der Waals surface area contributed by atoms with Crippen molar-refractivity contribution < 1.29 is 22.0 Å². The van der Waals surface area contributed by atoms with Gasteiger partial charge in [-0.15, -0.1) is 0 Å². The zero-order valence-electron chi connectivity index (χ0n) is 12.4. The zero-order chi connectivity index (χ0) is 17.2. The van der Waals surface area contributed by atoms with Gasteiger partial charge in [-0.05, 0) is 36.8 Å². The van der Waals surface area contributed by atoms with E-state index in [0.29, 0.717) is 11.6 Å². The van der Waals surface area contributed by atoms with Gasteiger partial charge in [-0.3, -0.25) is 9.52 Å². The average molecular weight is 340 g/mol. The van der Waals surface area contributed by atoms with E-state index >= 15 is 0 Å². The van der Waals surface area contributed by atoms with Crippen LogP contribution in [0.15, 0.2) is 36.4 Å². The normalized spacial score (nSPS) is 11.1. The van der Waals surface area contributed by atoms with Gasteiger partial charge < -0.3 is 5.32 Å². The second-order valence-corrected chi connectivity index (χ2v) is 6.73. The summed E-state index contributed by atoms with van der Waals surface area (Å²) in [7, 11) is -3.50. The minimum Gasteiger partial charge on any atom is -0.319 e. The maximum absolute atomic E-state index is 13.5. The number of aryl methyl sites for hydroxylation is 1. The third-order valence-corrected chi connectivity index (χ3v) is 3.57. The highest BCUT2D eigenvalue weighted by Crippen LogP contribution is 2.20. The largest absolute Gasteiger partial charge is 0.319 e. The molecule has 2 rings (SSSR count). The lowest BCUT2D eigenvalue weighted by atomic mass is 10.1. The molecule has 2 N–H and O–H groups in total. The minimum absolute atomic E-state index is 0.130. The van der Waals surface area contributed by atoms with Crippen molar-refractivity contribution in [3.63, 3.8) is 0 Å². The van der Waals surface area contributed by atoms with Crippen molar-refractivity contribution in [2.45, 2.75) is 6.92 Å². The summed E-state index contributed by atoms with van der Waals surface area (Å²) in [5, 5.41) is 2.31. The second kappa shape index (κ2) is 6.33. The lowest BCUT2D eigenvalue weighted by molar-refractivity contribution is 0.102. The van der Waals surface area contributed by atoms with Crippen molar-refractivity contribution in [2.24, 2.45) is 0 Å². The molecular formula is C15H14F2N2O3S. The summed E-state index contributed by atoms with van der Waals surface area (Å²) >= 11 is 0. The number of nitrogens with one attached hydrogen (secondary N) is 2. The first kappa shape index (κ1) is 16.9. The number of amides is 1. The number of anilines is 2. The molecule has 8 heteroatoms. The Hall–Kier alpha value is -2.48. The molecule has 23 heavy (non-hydrogen) atoms. The van der Waals surface area contributed by atoms with Crippen LogP contribution in [0.2, 0.25) is 0 Å². The van der Waals surface area contributed by atoms with Crippen molar-refractivity contribution >= 4 is 27.3 Å². The van der Waals surface area contributed by atoms with Crippen LogP contribution in [0, 0.1) is 18.6 Å². The third kappa shape index (κ3) is 4.49. The van der Waals surface area contributed by atoms with E-state index in [2.05, 4.69) is 10.0 Å². The van der Waals surface area contributed by atoms with Crippen molar-refractivity contribution in [2.75, 3.05) is 16.3 Å². The zero-order valence-corrected chi connectivity index (χ0v) is 13.2. The summed E-state index contributed by atoms with van der Waals surface area (Å²) in [4.78, 5) is 12.1. The summed E-state index contributed by atoms with van der Waals surface area (Å²) in [5.41, 5.74) is 0.833.